The van der Waals surface area contributed by atoms with E-state index in [4.69, 9.17) is 4.74 Å². The summed E-state index contributed by atoms with van der Waals surface area (Å²) in [5, 5.41) is 14.7. The third kappa shape index (κ3) is 5.85. The van der Waals surface area contributed by atoms with Crippen LogP contribution in [-0.2, 0) is 25.5 Å². The molecule has 208 valence electrons. The van der Waals surface area contributed by atoms with Crippen molar-refractivity contribution in [3.8, 4) is 0 Å². The number of benzene rings is 1. The number of likely N-dealkylation sites (N-methyl/N-ethyl adjacent to an activating group) is 1. The third-order valence-electron chi connectivity index (χ3n) is 7.39. The minimum Gasteiger partial charge on any atom is -0.465 e. The molecule has 1 aromatic heterocycles. The number of para-hydroxylation sites is 1. The topological polar surface area (TPSA) is 141 Å². The van der Waals surface area contributed by atoms with Crippen molar-refractivity contribution >= 4 is 35.3 Å². The number of carbonyl (C=O) groups is 4. The number of rotatable bonds is 7. The summed E-state index contributed by atoms with van der Waals surface area (Å²) in [7, 11) is 1.27. The maximum absolute atomic E-state index is 14.5. The zero-order valence-corrected chi connectivity index (χ0v) is 22.0. The summed E-state index contributed by atoms with van der Waals surface area (Å²) in [5.41, 5.74) is 1.21. The highest BCUT2D eigenvalue weighted by Gasteiger charge is 2.45. The molecule has 11 nitrogen and oxygen atoms in total. The molecule has 4 amide bonds. The van der Waals surface area contributed by atoms with Gasteiger partial charge < -0.3 is 20.5 Å². The van der Waals surface area contributed by atoms with Crippen molar-refractivity contribution in [2.45, 2.75) is 51.2 Å². The molecule has 12 heteroatoms. The Bertz CT molecular complexity index is 1250. The molecule has 1 saturated heterocycles. The molecule has 39 heavy (non-hydrogen) atoms. The Kier molecular flexibility index (Phi) is 8.44. The molecule has 4 rings (SSSR count). The standard InChI is InChI=1S/C27H32FN5O6/c1-15-6-4-8-19(28)21(15)30-25(35)20-14-18-7-5-11-29-23(18)33(20)26(36)22(17-9-12-39-13-10-17)31-24(34)16(2)32(3)27(37)38/h4-8,11,16-17,20,22H,9-10,12-14H2,1-3H3,(H,30,35)(H,31,34)(H,37,38)/t16-,20-,22-/m0/s1. The number of pyridine rings is 1. The number of amides is 4. The van der Waals surface area contributed by atoms with E-state index in [2.05, 4.69) is 15.6 Å². The molecule has 0 unspecified atom stereocenters. The zero-order valence-electron chi connectivity index (χ0n) is 22.0. The van der Waals surface area contributed by atoms with E-state index in [0.717, 1.165) is 4.90 Å². The summed E-state index contributed by atoms with van der Waals surface area (Å²) in [6, 6.07) is 4.73. The largest absolute Gasteiger partial charge is 0.465 e. The molecule has 3 heterocycles. The predicted octanol–water partition coefficient (Wildman–Crippen LogP) is 2.34. The van der Waals surface area contributed by atoms with Gasteiger partial charge in [0.25, 0.3) is 5.91 Å². The van der Waals surface area contributed by atoms with Crippen LogP contribution in [0.2, 0.25) is 0 Å². The van der Waals surface area contributed by atoms with Crippen LogP contribution in [0, 0.1) is 18.7 Å². The van der Waals surface area contributed by atoms with Crippen molar-refractivity contribution < 1.29 is 33.4 Å². The van der Waals surface area contributed by atoms with E-state index in [1.807, 2.05) is 0 Å². The van der Waals surface area contributed by atoms with Crippen molar-refractivity contribution in [3.05, 3.63) is 53.5 Å². The Morgan fingerprint density at radius 3 is 2.56 bits per heavy atom. The maximum atomic E-state index is 14.5. The van der Waals surface area contributed by atoms with Gasteiger partial charge in [-0.1, -0.05) is 18.2 Å². The minimum absolute atomic E-state index is 0.0265. The molecule has 2 aromatic rings. The van der Waals surface area contributed by atoms with Gasteiger partial charge in [0.2, 0.25) is 11.8 Å². The van der Waals surface area contributed by atoms with E-state index < -0.39 is 47.8 Å². The van der Waals surface area contributed by atoms with E-state index >= 15 is 0 Å². The van der Waals surface area contributed by atoms with Gasteiger partial charge in [-0.05, 0) is 55.9 Å². The molecule has 1 fully saturated rings. The van der Waals surface area contributed by atoms with Gasteiger partial charge >= 0.3 is 6.09 Å². The van der Waals surface area contributed by atoms with Crippen LogP contribution in [0.4, 0.5) is 20.7 Å². The summed E-state index contributed by atoms with van der Waals surface area (Å²) in [4.78, 5) is 58.7. The molecule has 0 aliphatic carbocycles. The van der Waals surface area contributed by atoms with Crippen molar-refractivity contribution in [2.75, 3.05) is 30.5 Å². The highest BCUT2D eigenvalue weighted by molar-refractivity contribution is 6.09. The van der Waals surface area contributed by atoms with Crippen LogP contribution >= 0.6 is 0 Å². The number of hydrogen-bond acceptors (Lipinski definition) is 6. The summed E-state index contributed by atoms with van der Waals surface area (Å²) in [5.74, 6) is -2.42. The zero-order chi connectivity index (χ0) is 28.3. The number of fused-ring (bicyclic) bond motifs is 1. The van der Waals surface area contributed by atoms with Gasteiger partial charge in [-0.15, -0.1) is 0 Å². The summed E-state index contributed by atoms with van der Waals surface area (Å²) < 4.78 is 20.0. The normalized spacial score (nSPS) is 18.6. The average Bonchev–Trinajstić information content (AvgIpc) is 3.32. The predicted molar refractivity (Wildman–Crippen MR) is 140 cm³/mol. The average molecular weight is 542 g/mol. The van der Waals surface area contributed by atoms with Gasteiger partial charge in [-0.2, -0.15) is 0 Å². The molecule has 0 spiro atoms. The SMILES string of the molecule is Cc1cccc(F)c1NC(=O)[C@@H]1Cc2cccnc2N1C(=O)[C@@H](NC(=O)[C@H](C)N(C)C(=O)O)C1CCOCC1. The second-order valence-electron chi connectivity index (χ2n) is 9.84. The number of nitrogens with zero attached hydrogens (tertiary/aromatic N) is 3. The monoisotopic (exact) mass is 541 g/mol. The Morgan fingerprint density at radius 1 is 1.18 bits per heavy atom. The Labute approximate surface area is 225 Å². The Balaban J connectivity index is 1.66. The first-order valence-electron chi connectivity index (χ1n) is 12.8. The Hall–Kier alpha value is -4.06. The first-order chi connectivity index (χ1) is 18.6. The van der Waals surface area contributed by atoms with Crippen molar-refractivity contribution in [1.82, 2.24) is 15.2 Å². The molecular formula is C27H32FN5O6. The first-order valence-corrected chi connectivity index (χ1v) is 12.8. The maximum Gasteiger partial charge on any atom is 0.407 e. The molecule has 3 atom stereocenters. The summed E-state index contributed by atoms with van der Waals surface area (Å²) in [6.45, 7) is 3.87. The molecule has 1 aromatic carbocycles. The van der Waals surface area contributed by atoms with Crippen LogP contribution < -0.4 is 15.5 Å². The van der Waals surface area contributed by atoms with Gasteiger partial charge in [0, 0.05) is 32.9 Å². The molecule has 2 aliphatic heterocycles. The van der Waals surface area contributed by atoms with Crippen molar-refractivity contribution in [1.29, 1.82) is 0 Å². The second-order valence-corrected chi connectivity index (χ2v) is 9.84. The first kappa shape index (κ1) is 28.0. The number of aromatic nitrogens is 1. The number of carbonyl (C=O) groups excluding carboxylic acids is 3. The fourth-order valence-electron chi connectivity index (χ4n) is 4.91. The number of aryl methyl sites for hydroxylation is 1. The van der Waals surface area contributed by atoms with Crippen LogP contribution in [0.1, 0.15) is 30.9 Å². The molecular weight excluding hydrogens is 509 g/mol. The van der Waals surface area contributed by atoms with E-state index in [1.54, 1.807) is 25.1 Å². The van der Waals surface area contributed by atoms with Crippen LogP contribution in [-0.4, -0.2) is 77.2 Å². The molecule has 2 aliphatic rings. The van der Waals surface area contributed by atoms with Gasteiger partial charge in [-0.3, -0.25) is 24.2 Å². The highest BCUT2D eigenvalue weighted by Crippen LogP contribution is 2.33. The van der Waals surface area contributed by atoms with Crippen LogP contribution in [0.5, 0.6) is 0 Å². The molecule has 0 bridgehead atoms. The fourth-order valence-corrected chi connectivity index (χ4v) is 4.91. The minimum atomic E-state index is -1.29. The lowest BCUT2D eigenvalue weighted by atomic mass is 9.90. The lowest BCUT2D eigenvalue weighted by Gasteiger charge is -2.35. The van der Waals surface area contributed by atoms with Crippen LogP contribution in [0.15, 0.2) is 36.5 Å². The lowest BCUT2D eigenvalue weighted by molar-refractivity contribution is -0.132. The van der Waals surface area contributed by atoms with Crippen LogP contribution in [0.3, 0.4) is 0 Å². The van der Waals surface area contributed by atoms with E-state index in [1.165, 1.54) is 37.2 Å². The van der Waals surface area contributed by atoms with Crippen molar-refractivity contribution in [2.24, 2.45) is 5.92 Å². The van der Waals surface area contributed by atoms with Crippen LogP contribution in [0.25, 0.3) is 0 Å². The molecule has 0 saturated carbocycles. The van der Waals surface area contributed by atoms with Gasteiger partial charge in [0.15, 0.2) is 0 Å². The van der Waals surface area contributed by atoms with Crippen molar-refractivity contribution in [3.63, 3.8) is 0 Å². The number of nitrogens with one attached hydrogen (secondary N) is 2. The number of anilines is 2. The fraction of sp³-hybridized carbons (Fsp3) is 0.444. The molecule has 3 N–H and O–H groups in total. The number of carboxylic acid groups (broad SMARTS) is 1. The highest BCUT2D eigenvalue weighted by atomic mass is 19.1. The summed E-state index contributed by atoms with van der Waals surface area (Å²) >= 11 is 0. The Morgan fingerprint density at radius 2 is 1.90 bits per heavy atom. The van der Waals surface area contributed by atoms with E-state index in [-0.39, 0.29) is 23.8 Å². The van der Waals surface area contributed by atoms with E-state index in [0.29, 0.717) is 37.2 Å². The number of ether oxygens (including phenoxy) is 1. The quantitative estimate of drug-likeness (QED) is 0.489. The smallest absolute Gasteiger partial charge is 0.407 e. The van der Waals surface area contributed by atoms with Gasteiger partial charge in [0.1, 0.15) is 29.8 Å². The molecule has 0 radical (unpaired) electrons. The van der Waals surface area contributed by atoms with Gasteiger partial charge in [-0.25, -0.2) is 14.2 Å². The number of hydrogen-bond donors (Lipinski definition) is 3. The third-order valence-corrected chi connectivity index (χ3v) is 7.39. The van der Waals surface area contributed by atoms with E-state index in [9.17, 15) is 28.7 Å². The summed E-state index contributed by atoms with van der Waals surface area (Å²) in [6.07, 6.45) is 1.33. The van der Waals surface area contributed by atoms with Gasteiger partial charge in [0.05, 0.1) is 5.69 Å². The second kappa shape index (κ2) is 11.8. The number of halogens is 1. The lowest BCUT2D eigenvalue weighted by Crippen LogP contribution is -2.59.